The molecule has 1 unspecified atom stereocenters. The first-order chi connectivity index (χ1) is 17.7. The van der Waals surface area contributed by atoms with E-state index in [9.17, 15) is 23.1 Å². The van der Waals surface area contributed by atoms with Crippen molar-refractivity contribution in [2.24, 2.45) is 4.99 Å². The minimum Gasteiger partial charge on any atom is -0.480 e. The van der Waals surface area contributed by atoms with E-state index in [1.807, 2.05) is 6.07 Å². The first-order valence-electron chi connectivity index (χ1n) is 11.6. The molecule has 198 valence electrons. The van der Waals surface area contributed by atoms with Crippen LogP contribution >= 0.6 is 0 Å². The normalized spacial score (nSPS) is 14.3. The van der Waals surface area contributed by atoms with Gasteiger partial charge in [-0.1, -0.05) is 11.2 Å². The number of sulfonamides is 1. The molecule has 1 aliphatic rings. The van der Waals surface area contributed by atoms with Crippen molar-refractivity contribution in [3.05, 3.63) is 41.4 Å². The third-order valence-corrected chi connectivity index (χ3v) is 7.46. The molecule has 0 aliphatic carbocycles. The van der Waals surface area contributed by atoms with Gasteiger partial charge >= 0.3 is 5.97 Å². The molecule has 3 heterocycles. The second-order valence-electron chi connectivity index (χ2n) is 8.42. The number of guanidine groups is 1. The summed E-state index contributed by atoms with van der Waals surface area (Å²) in [6, 6.07) is 3.53. The van der Waals surface area contributed by atoms with Crippen LogP contribution in [0.3, 0.4) is 0 Å². The lowest BCUT2D eigenvalue weighted by Gasteiger charge is -2.15. The second kappa shape index (κ2) is 11.0. The summed E-state index contributed by atoms with van der Waals surface area (Å²) in [6.45, 7) is 5.26. The highest BCUT2D eigenvalue weighted by Crippen LogP contribution is 2.20. The molecule has 15 heteroatoms. The molecule has 0 spiro atoms. The highest BCUT2D eigenvalue weighted by Gasteiger charge is 2.30. The molecule has 37 heavy (non-hydrogen) atoms. The zero-order chi connectivity index (χ0) is 26.6. The van der Waals surface area contributed by atoms with Crippen LogP contribution in [0.15, 0.2) is 38.8 Å². The summed E-state index contributed by atoms with van der Waals surface area (Å²) in [5, 5.41) is 27.0. The monoisotopic (exact) mass is 532 g/mol. The van der Waals surface area contributed by atoms with Gasteiger partial charge in [0.05, 0.1) is 23.8 Å². The third-order valence-electron chi connectivity index (χ3n) is 5.74. The van der Waals surface area contributed by atoms with E-state index in [0.29, 0.717) is 24.0 Å². The molecule has 0 bridgehead atoms. The van der Waals surface area contributed by atoms with E-state index in [2.05, 4.69) is 35.9 Å². The summed E-state index contributed by atoms with van der Waals surface area (Å²) < 4.78 is 34.2. The number of amides is 1. The number of benzene rings is 1. The summed E-state index contributed by atoms with van der Waals surface area (Å²) in [4.78, 5) is 28.7. The first-order valence-corrected chi connectivity index (χ1v) is 13.1. The highest BCUT2D eigenvalue weighted by molar-refractivity contribution is 7.89. The molecule has 0 saturated heterocycles. The van der Waals surface area contributed by atoms with Crippen molar-refractivity contribution in [1.29, 1.82) is 0 Å². The molecule has 3 aromatic rings. The molecular weight excluding hydrogens is 504 g/mol. The molecule has 1 atom stereocenters. The lowest BCUT2D eigenvalue weighted by atomic mass is 10.1. The van der Waals surface area contributed by atoms with E-state index >= 15 is 0 Å². The van der Waals surface area contributed by atoms with Gasteiger partial charge in [-0.2, -0.15) is 9.82 Å². The van der Waals surface area contributed by atoms with Gasteiger partial charge in [0.25, 0.3) is 5.91 Å². The van der Waals surface area contributed by atoms with Crippen LogP contribution in [0.4, 0.5) is 0 Å². The number of carbonyl (C=O) groups is 2. The van der Waals surface area contributed by atoms with Crippen LogP contribution in [-0.4, -0.2) is 78.5 Å². The number of aliphatic carboxylic acids is 1. The van der Waals surface area contributed by atoms with Gasteiger partial charge in [-0.15, -0.1) is 0 Å². The van der Waals surface area contributed by atoms with Gasteiger partial charge in [0, 0.05) is 31.6 Å². The molecule has 14 nitrogen and oxygen atoms in total. The largest absolute Gasteiger partial charge is 0.480 e. The zero-order valence-corrected chi connectivity index (χ0v) is 21.1. The standard InChI is InChI=1S/C22H28N8O6S/c1-13-19(14(2)36-28-13)37(34,35)29-17(21(32)33)12-26-20(31)15-5-3-6-18-16(15)11-27-30(18)10-4-7-23-22-24-8-9-25-22/h3,5-6,11,17,29H,4,7-10,12H2,1-2H3,(H,26,31)(H,32,33)(H2,23,24,25). The van der Waals surface area contributed by atoms with Crippen molar-refractivity contribution in [1.82, 2.24) is 35.6 Å². The van der Waals surface area contributed by atoms with E-state index in [4.69, 9.17) is 4.52 Å². The summed E-state index contributed by atoms with van der Waals surface area (Å²) in [5.41, 5.74) is 1.14. The molecule has 0 fully saturated rings. The van der Waals surface area contributed by atoms with E-state index in [1.54, 1.807) is 23.0 Å². The van der Waals surface area contributed by atoms with Crippen molar-refractivity contribution < 1.29 is 27.6 Å². The number of aliphatic imine (C=N–C) groups is 1. The van der Waals surface area contributed by atoms with Gasteiger partial charge in [0.2, 0.25) is 10.0 Å². The van der Waals surface area contributed by atoms with Crippen molar-refractivity contribution in [3.8, 4) is 0 Å². The maximum atomic E-state index is 12.9. The topological polar surface area (TPSA) is 193 Å². The van der Waals surface area contributed by atoms with Gasteiger partial charge < -0.3 is 25.6 Å². The Morgan fingerprint density at radius 2 is 2.11 bits per heavy atom. The van der Waals surface area contributed by atoms with Gasteiger partial charge in [-0.05, 0) is 32.4 Å². The Hall–Kier alpha value is -3.98. The summed E-state index contributed by atoms with van der Waals surface area (Å²) in [6.07, 6.45) is 2.36. The molecule has 1 aliphatic heterocycles. The number of carboxylic acid groups (broad SMARTS) is 1. The summed E-state index contributed by atoms with van der Waals surface area (Å²) >= 11 is 0. The number of nitrogens with one attached hydrogen (secondary N) is 4. The number of aryl methyl sites for hydroxylation is 3. The Morgan fingerprint density at radius 1 is 1.30 bits per heavy atom. The van der Waals surface area contributed by atoms with Gasteiger partial charge in [-0.3, -0.25) is 19.3 Å². The first kappa shape index (κ1) is 26.1. The van der Waals surface area contributed by atoms with Crippen LogP contribution in [0.1, 0.15) is 28.2 Å². The molecule has 1 aromatic carbocycles. The Morgan fingerprint density at radius 3 is 2.78 bits per heavy atom. The lowest BCUT2D eigenvalue weighted by molar-refractivity contribution is -0.138. The number of nitrogens with zero attached hydrogens (tertiary/aromatic N) is 4. The fraction of sp³-hybridized carbons (Fsp3) is 0.409. The summed E-state index contributed by atoms with van der Waals surface area (Å²) in [7, 11) is -4.25. The van der Waals surface area contributed by atoms with Crippen molar-refractivity contribution in [3.63, 3.8) is 0 Å². The summed E-state index contributed by atoms with van der Waals surface area (Å²) in [5.74, 6) is -1.19. The van der Waals surface area contributed by atoms with Crippen LogP contribution in [-0.2, 0) is 21.4 Å². The fourth-order valence-corrected chi connectivity index (χ4v) is 5.52. The van der Waals surface area contributed by atoms with Crippen LogP contribution in [0.2, 0.25) is 0 Å². The fourth-order valence-electron chi connectivity index (χ4n) is 4.01. The minimum absolute atomic E-state index is 0.0293. The molecular formula is C22H28N8O6S. The molecule has 1 amide bonds. The quantitative estimate of drug-likeness (QED) is 0.205. The van der Waals surface area contributed by atoms with Gasteiger partial charge in [-0.25, -0.2) is 8.42 Å². The molecule has 0 saturated carbocycles. The van der Waals surface area contributed by atoms with E-state index in [-0.39, 0.29) is 16.3 Å². The maximum absolute atomic E-state index is 12.9. The maximum Gasteiger partial charge on any atom is 0.323 e. The minimum atomic E-state index is -4.25. The van der Waals surface area contributed by atoms with Crippen LogP contribution in [0, 0.1) is 13.8 Å². The lowest BCUT2D eigenvalue weighted by Crippen LogP contribution is -2.48. The number of fused-ring (bicyclic) bond motifs is 1. The second-order valence-corrected chi connectivity index (χ2v) is 10.1. The van der Waals surface area contributed by atoms with Gasteiger partial charge in [0.15, 0.2) is 11.7 Å². The predicted molar refractivity (Wildman–Crippen MR) is 133 cm³/mol. The number of aromatic nitrogens is 3. The van der Waals surface area contributed by atoms with Crippen LogP contribution in [0.5, 0.6) is 0 Å². The average Bonchev–Trinajstić information content (AvgIpc) is 3.59. The highest BCUT2D eigenvalue weighted by atomic mass is 32.2. The predicted octanol–water partition coefficient (Wildman–Crippen LogP) is -0.258. The van der Waals surface area contributed by atoms with Crippen molar-refractivity contribution in [2.75, 3.05) is 26.2 Å². The Balaban J connectivity index is 1.40. The zero-order valence-electron chi connectivity index (χ0n) is 20.3. The molecule has 0 radical (unpaired) electrons. The van der Waals surface area contributed by atoms with Gasteiger partial charge in [0.1, 0.15) is 16.6 Å². The Labute approximate surface area is 212 Å². The smallest absolute Gasteiger partial charge is 0.323 e. The van der Waals surface area contributed by atoms with Crippen molar-refractivity contribution in [2.45, 2.75) is 37.8 Å². The molecule has 2 aromatic heterocycles. The number of carboxylic acids is 1. The van der Waals surface area contributed by atoms with Crippen LogP contribution in [0.25, 0.3) is 10.9 Å². The van der Waals surface area contributed by atoms with Crippen molar-refractivity contribution >= 4 is 38.8 Å². The average molecular weight is 533 g/mol. The Kier molecular flexibility index (Phi) is 7.73. The number of hydrogen-bond acceptors (Lipinski definition) is 10. The van der Waals surface area contributed by atoms with E-state index in [0.717, 1.165) is 31.0 Å². The SMILES string of the molecule is Cc1noc(C)c1S(=O)(=O)NC(CNC(=O)c1cccc2c1cnn2CCCNC1=NCCN1)C(=O)O. The number of hydrogen-bond donors (Lipinski definition) is 5. The number of rotatable bonds is 11. The third kappa shape index (κ3) is 5.89. The molecule has 5 N–H and O–H groups in total. The number of carbonyl (C=O) groups excluding carboxylic acids is 1. The van der Waals surface area contributed by atoms with Crippen LogP contribution < -0.4 is 20.7 Å². The van der Waals surface area contributed by atoms with E-state index in [1.165, 1.54) is 13.8 Å². The molecule has 4 rings (SSSR count). The Bertz CT molecular complexity index is 1420. The van der Waals surface area contributed by atoms with E-state index < -0.39 is 34.5 Å².